The number of aromatic nitrogens is 1. The predicted octanol–water partition coefficient (Wildman–Crippen LogP) is 3.74. The molecular formula is C14H12ClN3O2. The van der Waals surface area contributed by atoms with Crippen molar-refractivity contribution in [1.82, 2.24) is 4.98 Å². The molecule has 0 spiro atoms. The summed E-state index contributed by atoms with van der Waals surface area (Å²) < 4.78 is 0. The van der Waals surface area contributed by atoms with Gasteiger partial charge in [0, 0.05) is 18.0 Å². The largest absolute Gasteiger partial charge is 0.377 e. The molecule has 1 aromatic heterocycles. The third-order valence-corrected chi connectivity index (χ3v) is 3.75. The van der Waals surface area contributed by atoms with Crippen LogP contribution in [0.1, 0.15) is 23.7 Å². The Morgan fingerprint density at radius 2 is 2.25 bits per heavy atom. The van der Waals surface area contributed by atoms with Crippen molar-refractivity contribution < 1.29 is 4.92 Å². The zero-order chi connectivity index (χ0) is 14.1. The number of hydrogen-bond acceptors (Lipinski definition) is 4. The van der Waals surface area contributed by atoms with Gasteiger partial charge in [0.05, 0.1) is 16.7 Å². The lowest BCUT2D eigenvalue weighted by atomic mass is 10.2. The van der Waals surface area contributed by atoms with Crippen LogP contribution < -0.4 is 5.32 Å². The molecule has 0 fully saturated rings. The minimum absolute atomic E-state index is 0.0813. The highest BCUT2D eigenvalue weighted by Crippen LogP contribution is 2.34. The molecule has 1 N–H and O–H groups in total. The average molecular weight is 290 g/mol. The Morgan fingerprint density at radius 1 is 1.40 bits per heavy atom. The van der Waals surface area contributed by atoms with Crippen LogP contribution in [0.5, 0.6) is 0 Å². The van der Waals surface area contributed by atoms with E-state index in [-0.39, 0.29) is 16.8 Å². The quantitative estimate of drug-likeness (QED) is 0.690. The molecule has 2 aromatic rings. The van der Waals surface area contributed by atoms with Crippen LogP contribution in [0.4, 0.5) is 11.4 Å². The van der Waals surface area contributed by atoms with Gasteiger partial charge >= 0.3 is 0 Å². The molecule has 6 heteroatoms. The fourth-order valence-corrected chi connectivity index (χ4v) is 2.75. The number of halogens is 1. The normalized spacial score (nSPS) is 16.8. The Morgan fingerprint density at radius 3 is 3.00 bits per heavy atom. The van der Waals surface area contributed by atoms with Crippen LogP contribution in [0.25, 0.3) is 0 Å². The lowest BCUT2D eigenvalue weighted by molar-refractivity contribution is -0.384. The van der Waals surface area contributed by atoms with Gasteiger partial charge in [-0.25, -0.2) is 0 Å². The minimum Gasteiger partial charge on any atom is -0.377 e. The lowest BCUT2D eigenvalue weighted by Gasteiger charge is -2.14. The van der Waals surface area contributed by atoms with Gasteiger partial charge in [-0.3, -0.25) is 15.1 Å². The molecule has 1 aromatic carbocycles. The highest BCUT2D eigenvalue weighted by Gasteiger charge is 2.23. The predicted molar refractivity (Wildman–Crippen MR) is 77.0 cm³/mol. The van der Waals surface area contributed by atoms with Crippen LogP contribution in [-0.4, -0.2) is 9.91 Å². The number of aryl methyl sites for hydroxylation is 1. The van der Waals surface area contributed by atoms with E-state index in [4.69, 9.17) is 11.6 Å². The number of rotatable bonds is 3. The number of nitrogens with one attached hydrogen (secondary N) is 1. The smallest absolute Gasteiger partial charge is 0.288 e. The molecule has 1 unspecified atom stereocenters. The van der Waals surface area contributed by atoms with Crippen molar-refractivity contribution in [2.75, 3.05) is 5.32 Å². The summed E-state index contributed by atoms with van der Waals surface area (Å²) in [4.78, 5) is 14.6. The van der Waals surface area contributed by atoms with E-state index >= 15 is 0 Å². The molecule has 20 heavy (non-hydrogen) atoms. The second-order valence-electron chi connectivity index (χ2n) is 4.71. The number of nitro groups is 1. The molecule has 1 atom stereocenters. The van der Waals surface area contributed by atoms with Gasteiger partial charge in [-0.2, -0.15) is 0 Å². The van der Waals surface area contributed by atoms with E-state index < -0.39 is 4.92 Å². The molecule has 0 radical (unpaired) electrons. The number of nitro benzene ring substituents is 1. The first-order valence-corrected chi connectivity index (χ1v) is 6.67. The van der Waals surface area contributed by atoms with E-state index in [2.05, 4.69) is 16.4 Å². The summed E-state index contributed by atoms with van der Waals surface area (Å²) in [6.45, 7) is 0. The standard InChI is InChI=1S/C14H12ClN3O2/c15-11-8-10(4-6-13(11)18(19)20)17-12-5-3-9-2-1-7-16-14(9)12/h1-2,4,6-8,12,17H,3,5H2. The Labute approximate surface area is 120 Å². The maximum atomic E-state index is 10.7. The molecule has 3 rings (SSSR count). The SMILES string of the molecule is O=[N+]([O-])c1ccc(NC2CCc3cccnc32)cc1Cl. The molecule has 102 valence electrons. The molecule has 0 saturated carbocycles. The second kappa shape index (κ2) is 5.09. The van der Waals surface area contributed by atoms with E-state index in [9.17, 15) is 10.1 Å². The van der Waals surface area contributed by atoms with Crippen LogP contribution in [0.15, 0.2) is 36.5 Å². The maximum absolute atomic E-state index is 10.7. The van der Waals surface area contributed by atoms with Gasteiger partial charge in [0.15, 0.2) is 0 Å². The molecule has 1 heterocycles. The molecule has 0 saturated heterocycles. The van der Waals surface area contributed by atoms with Crippen LogP contribution in [0.3, 0.4) is 0 Å². The van der Waals surface area contributed by atoms with Crippen molar-refractivity contribution in [3.63, 3.8) is 0 Å². The Kier molecular flexibility index (Phi) is 3.28. The minimum atomic E-state index is -0.488. The van der Waals surface area contributed by atoms with Crippen molar-refractivity contribution in [3.05, 3.63) is 62.9 Å². The summed E-state index contributed by atoms with van der Waals surface area (Å²) in [6, 6.07) is 8.81. The third-order valence-electron chi connectivity index (χ3n) is 3.44. The summed E-state index contributed by atoms with van der Waals surface area (Å²) >= 11 is 5.91. The Bertz CT molecular complexity index is 675. The van der Waals surface area contributed by atoms with E-state index in [1.807, 2.05) is 6.07 Å². The van der Waals surface area contributed by atoms with E-state index in [1.54, 1.807) is 18.3 Å². The van der Waals surface area contributed by atoms with Gasteiger partial charge in [-0.1, -0.05) is 17.7 Å². The van der Waals surface area contributed by atoms with E-state index in [1.165, 1.54) is 11.6 Å². The molecule has 1 aliphatic rings. The zero-order valence-corrected chi connectivity index (χ0v) is 11.3. The van der Waals surface area contributed by atoms with Crippen LogP contribution >= 0.6 is 11.6 Å². The van der Waals surface area contributed by atoms with Crippen molar-refractivity contribution in [3.8, 4) is 0 Å². The average Bonchev–Trinajstić information content (AvgIpc) is 2.82. The monoisotopic (exact) mass is 289 g/mol. The fraction of sp³-hybridized carbons (Fsp3) is 0.214. The number of benzene rings is 1. The van der Waals surface area contributed by atoms with Gasteiger partial charge in [0.25, 0.3) is 5.69 Å². The van der Waals surface area contributed by atoms with Gasteiger partial charge in [-0.15, -0.1) is 0 Å². The summed E-state index contributed by atoms with van der Waals surface area (Å²) in [7, 11) is 0. The first-order chi connectivity index (χ1) is 9.65. The maximum Gasteiger partial charge on any atom is 0.288 e. The molecular weight excluding hydrogens is 278 g/mol. The molecule has 5 nitrogen and oxygen atoms in total. The van der Waals surface area contributed by atoms with Gasteiger partial charge in [-0.05, 0) is 36.6 Å². The number of anilines is 1. The van der Waals surface area contributed by atoms with Crippen molar-refractivity contribution in [2.24, 2.45) is 0 Å². The number of nitrogens with zero attached hydrogens (tertiary/aromatic N) is 2. The summed E-state index contributed by atoms with van der Waals surface area (Å²) in [5.41, 5.74) is 2.98. The first kappa shape index (κ1) is 12.9. The summed E-state index contributed by atoms with van der Waals surface area (Å²) in [5.74, 6) is 0. The fourth-order valence-electron chi connectivity index (χ4n) is 2.50. The molecule has 0 amide bonds. The van der Waals surface area contributed by atoms with E-state index in [0.717, 1.165) is 24.2 Å². The summed E-state index contributed by atoms with van der Waals surface area (Å²) in [5, 5.41) is 14.2. The number of hydrogen-bond donors (Lipinski definition) is 1. The highest BCUT2D eigenvalue weighted by molar-refractivity contribution is 6.32. The zero-order valence-electron chi connectivity index (χ0n) is 10.5. The number of pyridine rings is 1. The van der Waals surface area contributed by atoms with Crippen LogP contribution in [-0.2, 0) is 6.42 Å². The van der Waals surface area contributed by atoms with Gasteiger partial charge < -0.3 is 5.32 Å². The Hall–Kier alpha value is -2.14. The number of fused-ring (bicyclic) bond motifs is 1. The van der Waals surface area contributed by atoms with Crippen molar-refractivity contribution in [1.29, 1.82) is 0 Å². The topological polar surface area (TPSA) is 68.1 Å². The van der Waals surface area contributed by atoms with Crippen LogP contribution in [0.2, 0.25) is 5.02 Å². The molecule has 0 bridgehead atoms. The third kappa shape index (κ3) is 2.32. The summed E-state index contributed by atoms with van der Waals surface area (Å²) in [6.07, 6.45) is 3.73. The molecule has 1 aliphatic carbocycles. The van der Waals surface area contributed by atoms with E-state index in [0.29, 0.717) is 0 Å². The van der Waals surface area contributed by atoms with Crippen LogP contribution in [0, 0.1) is 10.1 Å². The van der Waals surface area contributed by atoms with Gasteiger partial charge in [0.2, 0.25) is 0 Å². The van der Waals surface area contributed by atoms with Gasteiger partial charge in [0.1, 0.15) is 5.02 Å². The first-order valence-electron chi connectivity index (χ1n) is 6.29. The highest BCUT2D eigenvalue weighted by atomic mass is 35.5. The molecule has 0 aliphatic heterocycles. The van der Waals surface area contributed by atoms with Crippen molar-refractivity contribution in [2.45, 2.75) is 18.9 Å². The van der Waals surface area contributed by atoms with Crippen molar-refractivity contribution >= 4 is 23.0 Å². The Balaban J connectivity index is 1.83. The second-order valence-corrected chi connectivity index (χ2v) is 5.11. The lowest BCUT2D eigenvalue weighted by Crippen LogP contribution is -2.08.